The molecule has 0 radical (unpaired) electrons. The minimum Gasteiger partial charge on any atom is -0.324 e. The lowest BCUT2D eigenvalue weighted by Gasteiger charge is -2.21. The van der Waals surface area contributed by atoms with Crippen molar-refractivity contribution in [3.63, 3.8) is 0 Å². The second-order valence-electron chi connectivity index (χ2n) is 5.67. The molecule has 0 saturated carbocycles. The Balaban J connectivity index is 1.98. The molecule has 0 aliphatic heterocycles. The van der Waals surface area contributed by atoms with Crippen LogP contribution in [-0.2, 0) is 11.3 Å². The second-order valence-corrected chi connectivity index (χ2v) is 6.49. The molecule has 4 nitrogen and oxygen atoms in total. The molecular formula is C18H18Cl2N3O+. The maximum absolute atomic E-state index is 12.4. The molecule has 24 heavy (non-hydrogen) atoms. The molecule has 2 aromatic carbocycles. The number of carbonyl (C=O) groups is 1. The molecule has 0 aromatic heterocycles. The summed E-state index contributed by atoms with van der Waals surface area (Å²) in [7, 11) is 1.95. The summed E-state index contributed by atoms with van der Waals surface area (Å²) in [5.74, 6) is -0.0859. The number of anilines is 1. The summed E-state index contributed by atoms with van der Waals surface area (Å²) < 4.78 is 0. The first-order chi connectivity index (χ1) is 11.4. The first-order valence-corrected chi connectivity index (χ1v) is 8.23. The molecule has 0 heterocycles. The lowest BCUT2D eigenvalue weighted by atomic mass is 10.1. The lowest BCUT2D eigenvalue weighted by molar-refractivity contribution is -0.907. The number of nitrogens with one attached hydrogen (secondary N) is 2. The highest BCUT2D eigenvalue weighted by Gasteiger charge is 2.22. The van der Waals surface area contributed by atoms with E-state index in [1.54, 1.807) is 30.3 Å². The van der Waals surface area contributed by atoms with Crippen LogP contribution < -0.4 is 10.2 Å². The van der Waals surface area contributed by atoms with Gasteiger partial charge in [-0.3, -0.25) is 4.79 Å². The van der Waals surface area contributed by atoms with Gasteiger partial charge in [-0.25, -0.2) is 0 Å². The van der Waals surface area contributed by atoms with Crippen LogP contribution in [-0.4, -0.2) is 19.0 Å². The molecule has 1 amide bonds. The van der Waals surface area contributed by atoms with Gasteiger partial charge in [-0.15, -0.1) is 0 Å². The van der Waals surface area contributed by atoms with Crippen LogP contribution in [0.2, 0.25) is 10.0 Å². The fraction of sp³-hybridized carbons (Fsp3) is 0.222. The number of hydrogen-bond donors (Lipinski definition) is 2. The maximum atomic E-state index is 12.4. The van der Waals surface area contributed by atoms with Crippen LogP contribution in [0.15, 0.2) is 42.5 Å². The van der Waals surface area contributed by atoms with Gasteiger partial charge in [-0.2, -0.15) is 5.26 Å². The zero-order chi connectivity index (χ0) is 17.7. The van der Waals surface area contributed by atoms with Crippen LogP contribution in [0.3, 0.4) is 0 Å². The number of halogens is 2. The minimum absolute atomic E-state index is 0.0859. The fourth-order valence-electron chi connectivity index (χ4n) is 2.23. The van der Waals surface area contributed by atoms with Crippen molar-refractivity contribution in [2.75, 3.05) is 12.4 Å². The number of benzene rings is 2. The van der Waals surface area contributed by atoms with Crippen molar-refractivity contribution in [2.45, 2.75) is 19.5 Å². The van der Waals surface area contributed by atoms with Crippen LogP contribution in [0, 0.1) is 11.3 Å². The first kappa shape index (κ1) is 18.3. The van der Waals surface area contributed by atoms with Crippen molar-refractivity contribution in [2.24, 2.45) is 0 Å². The summed E-state index contributed by atoms with van der Waals surface area (Å²) in [6.45, 7) is 2.52. The van der Waals surface area contributed by atoms with E-state index in [9.17, 15) is 4.79 Å². The number of hydrogen-bond acceptors (Lipinski definition) is 2. The van der Waals surface area contributed by atoms with E-state index < -0.39 is 0 Å². The highest BCUT2D eigenvalue weighted by atomic mass is 35.5. The SMILES string of the molecule is C[C@H](C(=O)Nc1ccc(C#N)cc1)[NH+](C)Cc1ccc(Cl)c(Cl)c1. The van der Waals surface area contributed by atoms with E-state index in [0.717, 1.165) is 10.5 Å². The van der Waals surface area contributed by atoms with Gasteiger partial charge in [0.2, 0.25) is 0 Å². The third-order valence-corrected chi connectivity index (χ3v) is 4.62. The molecule has 0 spiro atoms. The number of quaternary nitrogens is 1. The predicted octanol–water partition coefficient (Wildman–Crippen LogP) is 2.91. The Morgan fingerprint density at radius 1 is 1.21 bits per heavy atom. The maximum Gasteiger partial charge on any atom is 0.282 e. The molecule has 0 saturated heterocycles. The third kappa shape index (κ3) is 4.72. The molecule has 124 valence electrons. The lowest BCUT2D eigenvalue weighted by Crippen LogP contribution is -3.12. The molecule has 2 aromatic rings. The number of likely N-dealkylation sites (N-methyl/N-ethyl adjacent to an activating group) is 1. The van der Waals surface area contributed by atoms with Gasteiger partial charge in [0.05, 0.1) is 28.7 Å². The molecule has 6 heteroatoms. The summed E-state index contributed by atoms with van der Waals surface area (Å²) in [5, 5.41) is 12.7. The van der Waals surface area contributed by atoms with E-state index in [1.165, 1.54) is 0 Å². The van der Waals surface area contributed by atoms with E-state index in [2.05, 4.69) is 5.32 Å². The summed E-state index contributed by atoms with van der Waals surface area (Å²) in [5.41, 5.74) is 2.25. The molecule has 1 unspecified atom stereocenters. The van der Waals surface area contributed by atoms with Gasteiger partial charge >= 0.3 is 0 Å². The van der Waals surface area contributed by atoms with Crippen molar-refractivity contribution in [3.05, 3.63) is 63.6 Å². The smallest absolute Gasteiger partial charge is 0.282 e. The van der Waals surface area contributed by atoms with Gasteiger partial charge < -0.3 is 10.2 Å². The Morgan fingerprint density at radius 2 is 1.88 bits per heavy atom. The molecule has 0 aliphatic rings. The Kier molecular flexibility index (Phi) is 6.22. The van der Waals surface area contributed by atoms with Crippen LogP contribution in [0.5, 0.6) is 0 Å². The van der Waals surface area contributed by atoms with Gasteiger partial charge in [-0.05, 0) is 43.3 Å². The van der Waals surface area contributed by atoms with Gasteiger partial charge in [0.15, 0.2) is 6.04 Å². The van der Waals surface area contributed by atoms with Crippen LogP contribution in [0.4, 0.5) is 5.69 Å². The minimum atomic E-state index is -0.255. The van der Waals surface area contributed by atoms with E-state index in [1.807, 2.05) is 32.2 Å². The van der Waals surface area contributed by atoms with E-state index >= 15 is 0 Å². The Hall–Kier alpha value is -2.06. The number of carbonyl (C=O) groups excluding carboxylic acids is 1. The van der Waals surface area contributed by atoms with E-state index in [0.29, 0.717) is 27.8 Å². The van der Waals surface area contributed by atoms with Crippen LogP contribution in [0.1, 0.15) is 18.1 Å². The number of nitrogens with zero attached hydrogens (tertiary/aromatic N) is 1. The van der Waals surface area contributed by atoms with Gasteiger partial charge in [0.25, 0.3) is 5.91 Å². The Bertz CT molecular complexity index is 769. The van der Waals surface area contributed by atoms with Crippen molar-refractivity contribution in [3.8, 4) is 6.07 Å². The van der Waals surface area contributed by atoms with Crippen molar-refractivity contribution in [1.82, 2.24) is 0 Å². The topological polar surface area (TPSA) is 57.3 Å². The molecule has 2 atom stereocenters. The summed E-state index contributed by atoms with van der Waals surface area (Å²) in [4.78, 5) is 13.4. The van der Waals surface area contributed by atoms with Gasteiger partial charge in [0, 0.05) is 11.3 Å². The molecule has 0 bridgehead atoms. The normalized spacial score (nSPS) is 13.0. The highest BCUT2D eigenvalue weighted by molar-refractivity contribution is 6.42. The summed E-state index contributed by atoms with van der Waals surface area (Å²) >= 11 is 11.9. The predicted molar refractivity (Wildman–Crippen MR) is 96.3 cm³/mol. The van der Waals surface area contributed by atoms with E-state index in [4.69, 9.17) is 28.5 Å². The Morgan fingerprint density at radius 3 is 2.46 bits per heavy atom. The number of rotatable bonds is 5. The molecular weight excluding hydrogens is 345 g/mol. The molecule has 2 rings (SSSR count). The first-order valence-electron chi connectivity index (χ1n) is 7.48. The van der Waals surface area contributed by atoms with Crippen LogP contribution >= 0.6 is 23.2 Å². The van der Waals surface area contributed by atoms with Crippen molar-refractivity contribution < 1.29 is 9.69 Å². The zero-order valence-electron chi connectivity index (χ0n) is 13.4. The number of nitriles is 1. The summed E-state index contributed by atoms with van der Waals surface area (Å²) in [6.07, 6.45) is 0. The fourth-order valence-corrected chi connectivity index (χ4v) is 2.55. The number of amides is 1. The van der Waals surface area contributed by atoms with Gasteiger partial charge in [-0.1, -0.05) is 29.3 Å². The van der Waals surface area contributed by atoms with Crippen molar-refractivity contribution in [1.29, 1.82) is 5.26 Å². The third-order valence-electron chi connectivity index (χ3n) is 3.88. The average Bonchev–Trinajstić information content (AvgIpc) is 2.58. The second kappa shape index (κ2) is 8.16. The van der Waals surface area contributed by atoms with E-state index in [-0.39, 0.29) is 11.9 Å². The van der Waals surface area contributed by atoms with Crippen molar-refractivity contribution >= 4 is 34.8 Å². The average molecular weight is 363 g/mol. The molecule has 2 N–H and O–H groups in total. The zero-order valence-corrected chi connectivity index (χ0v) is 14.9. The highest BCUT2D eigenvalue weighted by Crippen LogP contribution is 2.22. The summed E-state index contributed by atoms with van der Waals surface area (Å²) in [6, 6.07) is 14.1. The van der Waals surface area contributed by atoms with Crippen LogP contribution in [0.25, 0.3) is 0 Å². The quantitative estimate of drug-likeness (QED) is 0.858. The molecule has 0 aliphatic carbocycles. The monoisotopic (exact) mass is 362 g/mol. The largest absolute Gasteiger partial charge is 0.324 e. The molecule has 0 fully saturated rings. The Labute approximate surface area is 151 Å². The standard InChI is InChI=1S/C18H17Cl2N3O/c1-12(18(24)22-15-6-3-13(10-21)4-7-15)23(2)11-14-5-8-16(19)17(20)9-14/h3-9,12H,11H2,1-2H3,(H,22,24)/p+1/t12-/m1/s1. The van der Waals surface area contributed by atoms with Gasteiger partial charge in [0.1, 0.15) is 6.54 Å².